The third kappa shape index (κ3) is 5.01. The average molecular weight is 398 g/mol. The number of hydrogen-bond acceptors (Lipinski definition) is 6. The maximum atomic E-state index is 12.5. The average Bonchev–Trinajstić information content (AvgIpc) is 3.35. The van der Waals surface area contributed by atoms with Gasteiger partial charge in [-0.3, -0.25) is 9.59 Å². The molecule has 142 valence electrons. The summed E-state index contributed by atoms with van der Waals surface area (Å²) in [5.41, 5.74) is 1.09. The highest BCUT2D eigenvalue weighted by atomic mass is 32.2. The van der Waals surface area contributed by atoms with Crippen molar-refractivity contribution in [3.05, 3.63) is 29.8 Å². The van der Waals surface area contributed by atoms with Crippen LogP contribution in [0.3, 0.4) is 0 Å². The zero-order chi connectivity index (χ0) is 18.7. The molecule has 2 fully saturated rings. The predicted molar refractivity (Wildman–Crippen MR) is 99.8 cm³/mol. The number of carbonyl (C=O) groups excluding carboxylic acids is 2. The number of thioether (sulfide) groups is 1. The van der Waals surface area contributed by atoms with Gasteiger partial charge in [-0.15, -0.1) is 11.8 Å². The summed E-state index contributed by atoms with van der Waals surface area (Å²) < 4.78 is 28.5. The molecular formula is C18H23NO5S2. The Hall–Kier alpha value is -1.54. The van der Waals surface area contributed by atoms with Gasteiger partial charge in [-0.2, -0.15) is 0 Å². The van der Waals surface area contributed by atoms with Crippen molar-refractivity contribution in [1.82, 2.24) is 4.90 Å². The van der Waals surface area contributed by atoms with E-state index in [-0.39, 0.29) is 41.9 Å². The van der Waals surface area contributed by atoms with Crippen LogP contribution in [0, 0.1) is 6.92 Å². The molecule has 1 aromatic carbocycles. The van der Waals surface area contributed by atoms with E-state index < -0.39 is 15.8 Å². The van der Waals surface area contributed by atoms with E-state index in [1.807, 2.05) is 31.2 Å². The van der Waals surface area contributed by atoms with Gasteiger partial charge >= 0.3 is 5.97 Å². The standard InChI is InChI=1S/C18H23NO5S2/c1-13-4-2-3-5-16(13)25-11-18(21)24-10-17(20)19(14-6-7-14)15-8-9-26(22,23)12-15/h2-5,14-15H,6-12H2,1H3/t15-/m0/s1. The minimum absolute atomic E-state index is 0.0202. The number of esters is 1. The highest BCUT2D eigenvalue weighted by molar-refractivity contribution is 8.00. The van der Waals surface area contributed by atoms with Crippen LogP contribution in [0.2, 0.25) is 0 Å². The number of carbonyl (C=O) groups is 2. The molecule has 1 saturated heterocycles. The summed E-state index contributed by atoms with van der Waals surface area (Å²) >= 11 is 1.38. The normalized spacial score (nSPS) is 21.3. The minimum atomic E-state index is -3.06. The molecule has 1 aromatic rings. The Morgan fingerprint density at radius 1 is 1.19 bits per heavy atom. The summed E-state index contributed by atoms with van der Waals surface area (Å²) in [6.07, 6.45) is 2.25. The lowest BCUT2D eigenvalue weighted by atomic mass is 10.2. The molecule has 3 rings (SSSR count). The van der Waals surface area contributed by atoms with Crippen molar-refractivity contribution in [2.45, 2.75) is 43.2 Å². The second kappa shape index (κ2) is 8.00. The lowest BCUT2D eigenvalue weighted by Crippen LogP contribution is -2.44. The number of hydrogen-bond donors (Lipinski definition) is 0. The number of ether oxygens (including phenoxy) is 1. The Kier molecular flexibility index (Phi) is 5.92. The summed E-state index contributed by atoms with van der Waals surface area (Å²) in [5, 5.41) is 0. The van der Waals surface area contributed by atoms with Crippen LogP contribution in [-0.2, 0) is 24.2 Å². The van der Waals surface area contributed by atoms with E-state index in [9.17, 15) is 18.0 Å². The van der Waals surface area contributed by atoms with Crippen molar-refractivity contribution in [2.75, 3.05) is 23.9 Å². The first-order valence-electron chi connectivity index (χ1n) is 8.71. The summed E-state index contributed by atoms with van der Waals surface area (Å²) in [6, 6.07) is 7.58. The van der Waals surface area contributed by atoms with E-state index in [1.165, 1.54) is 11.8 Å². The van der Waals surface area contributed by atoms with Gasteiger partial charge in [0.2, 0.25) is 0 Å². The highest BCUT2D eigenvalue weighted by Gasteiger charge is 2.42. The van der Waals surface area contributed by atoms with Crippen LogP contribution in [0.25, 0.3) is 0 Å². The number of aryl methyl sites for hydroxylation is 1. The maximum Gasteiger partial charge on any atom is 0.316 e. The van der Waals surface area contributed by atoms with Gasteiger partial charge in [0.05, 0.1) is 17.3 Å². The molecule has 1 aliphatic carbocycles. The molecule has 6 nitrogen and oxygen atoms in total. The maximum absolute atomic E-state index is 12.5. The predicted octanol–water partition coefficient (Wildman–Crippen LogP) is 1.81. The fourth-order valence-electron chi connectivity index (χ4n) is 3.17. The molecule has 2 aliphatic rings. The minimum Gasteiger partial charge on any atom is -0.455 e. The van der Waals surface area contributed by atoms with Crippen molar-refractivity contribution in [3.63, 3.8) is 0 Å². The van der Waals surface area contributed by atoms with Gasteiger partial charge in [0, 0.05) is 17.0 Å². The molecule has 0 spiro atoms. The van der Waals surface area contributed by atoms with Crippen LogP contribution in [0.4, 0.5) is 0 Å². The van der Waals surface area contributed by atoms with Gasteiger partial charge in [-0.05, 0) is 37.8 Å². The summed E-state index contributed by atoms with van der Waals surface area (Å²) in [7, 11) is -3.06. The van der Waals surface area contributed by atoms with Crippen molar-refractivity contribution in [2.24, 2.45) is 0 Å². The van der Waals surface area contributed by atoms with Gasteiger partial charge in [0.1, 0.15) is 0 Å². The molecule has 0 bridgehead atoms. The topological polar surface area (TPSA) is 80.8 Å². The van der Waals surface area contributed by atoms with Crippen LogP contribution in [0.15, 0.2) is 29.2 Å². The molecule has 8 heteroatoms. The summed E-state index contributed by atoms with van der Waals surface area (Å²) in [5.74, 6) is -0.447. The summed E-state index contributed by atoms with van der Waals surface area (Å²) in [6.45, 7) is 1.65. The highest BCUT2D eigenvalue weighted by Crippen LogP contribution is 2.32. The molecule has 26 heavy (non-hydrogen) atoms. The Morgan fingerprint density at radius 3 is 2.54 bits per heavy atom. The molecule has 1 heterocycles. The Labute approximate surface area is 158 Å². The zero-order valence-corrected chi connectivity index (χ0v) is 16.4. The van der Waals surface area contributed by atoms with Gasteiger partial charge in [-0.1, -0.05) is 18.2 Å². The van der Waals surface area contributed by atoms with E-state index in [1.54, 1.807) is 4.90 Å². The van der Waals surface area contributed by atoms with E-state index in [4.69, 9.17) is 4.74 Å². The molecule has 0 aromatic heterocycles. The first kappa shape index (κ1) is 19.2. The third-order valence-electron chi connectivity index (χ3n) is 4.63. The number of rotatable bonds is 7. The molecule has 0 radical (unpaired) electrons. The van der Waals surface area contributed by atoms with Gasteiger partial charge < -0.3 is 9.64 Å². The lowest BCUT2D eigenvalue weighted by molar-refractivity contribution is -0.151. The largest absolute Gasteiger partial charge is 0.455 e. The van der Waals surface area contributed by atoms with Crippen LogP contribution < -0.4 is 0 Å². The van der Waals surface area contributed by atoms with Crippen molar-refractivity contribution in [1.29, 1.82) is 0 Å². The van der Waals surface area contributed by atoms with Crippen LogP contribution >= 0.6 is 11.8 Å². The number of amides is 1. The molecule has 1 aliphatic heterocycles. The molecule has 1 atom stereocenters. The van der Waals surface area contributed by atoms with Gasteiger partial charge in [-0.25, -0.2) is 8.42 Å². The summed E-state index contributed by atoms with van der Waals surface area (Å²) in [4.78, 5) is 27.1. The van der Waals surface area contributed by atoms with Crippen molar-refractivity contribution in [3.8, 4) is 0 Å². The van der Waals surface area contributed by atoms with E-state index in [0.717, 1.165) is 23.3 Å². The monoisotopic (exact) mass is 397 g/mol. The van der Waals surface area contributed by atoms with E-state index in [2.05, 4.69) is 0 Å². The van der Waals surface area contributed by atoms with Crippen LogP contribution in [-0.4, -0.2) is 61.1 Å². The Balaban J connectivity index is 1.49. The van der Waals surface area contributed by atoms with Gasteiger partial charge in [0.25, 0.3) is 5.91 Å². The second-order valence-electron chi connectivity index (χ2n) is 6.80. The van der Waals surface area contributed by atoms with Crippen molar-refractivity contribution < 1.29 is 22.7 Å². The molecule has 0 N–H and O–H groups in total. The Morgan fingerprint density at radius 2 is 1.92 bits per heavy atom. The molecule has 0 unspecified atom stereocenters. The lowest BCUT2D eigenvalue weighted by Gasteiger charge is -2.28. The molecule has 1 saturated carbocycles. The second-order valence-corrected chi connectivity index (χ2v) is 10.0. The third-order valence-corrected chi connectivity index (χ3v) is 7.53. The first-order valence-corrected chi connectivity index (χ1v) is 11.5. The quantitative estimate of drug-likeness (QED) is 0.516. The number of sulfone groups is 1. The zero-order valence-electron chi connectivity index (χ0n) is 14.7. The van der Waals surface area contributed by atoms with E-state index >= 15 is 0 Å². The van der Waals surface area contributed by atoms with Crippen LogP contribution in [0.5, 0.6) is 0 Å². The van der Waals surface area contributed by atoms with Crippen LogP contribution in [0.1, 0.15) is 24.8 Å². The Bertz CT molecular complexity index is 789. The SMILES string of the molecule is Cc1ccccc1SCC(=O)OCC(=O)N(C1CC1)[C@H]1CCS(=O)(=O)C1. The fraction of sp³-hybridized carbons (Fsp3) is 0.556. The molecular weight excluding hydrogens is 374 g/mol. The first-order chi connectivity index (χ1) is 12.4. The number of benzene rings is 1. The smallest absolute Gasteiger partial charge is 0.316 e. The van der Waals surface area contributed by atoms with Crippen molar-refractivity contribution >= 4 is 33.5 Å². The molecule has 1 amide bonds. The van der Waals surface area contributed by atoms with E-state index in [0.29, 0.717) is 6.42 Å². The van der Waals surface area contributed by atoms with Gasteiger partial charge in [0.15, 0.2) is 16.4 Å². The fourth-order valence-corrected chi connectivity index (χ4v) is 5.70. The number of nitrogens with zero attached hydrogens (tertiary/aromatic N) is 1.